The third-order valence-corrected chi connectivity index (χ3v) is 6.43. The lowest BCUT2D eigenvalue weighted by Crippen LogP contribution is -2.20. The summed E-state index contributed by atoms with van der Waals surface area (Å²) in [7, 11) is 0. The zero-order valence-electron chi connectivity index (χ0n) is 18.1. The van der Waals surface area contributed by atoms with E-state index in [1.54, 1.807) is 6.20 Å². The van der Waals surface area contributed by atoms with Crippen LogP contribution in [0.4, 0.5) is 13.2 Å². The summed E-state index contributed by atoms with van der Waals surface area (Å²) in [5.41, 5.74) is 1.28. The highest BCUT2D eigenvalue weighted by atomic mass is 32.2. The zero-order chi connectivity index (χ0) is 23.6. The van der Waals surface area contributed by atoms with Crippen LogP contribution in [0.2, 0.25) is 0 Å². The van der Waals surface area contributed by atoms with Gasteiger partial charge in [-0.2, -0.15) is 0 Å². The lowest BCUT2D eigenvalue weighted by Gasteiger charge is -2.15. The van der Waals surface area contributed by atoms with Gasteiger partial charge in [0.1, 0.15) is 11.5 Å². The minimum absolute atomic E-state index is 0.207. The molecule has 1 fully saturated rings. The molecule has 1 heterocycles. The van der Waals surface area contributed by atoms with E-state index in [1.165, 1.54) is 47.9 Å². The molecule has 0 spiro atoms. The standard InChI is InChI=1S/C24H23F3N2O3S/c1-15-13-18(5-10-21(15)31-14-16(2)17-3-4-17)29-12-11-28-22(23(29)30)33-20-8-6-19(7-9-20)32-24(25,26)27/h5-13,16-17H,3-4,14H2,1-2H3. The van der Waals surface area contributed by atoms with Crippen molar-refractivity contribution in [2.45, 2.75) is 43.0 Å². The largest absolute Gasteiger partial charge is 0.573 e. The van der Waals surface area contributed by atoms with E-state index in [9.17, 15) is 18.0 Å². The van der Waals surface area contributed by atoms with Crippen LogP contribution in [-0.2, 0) is 0 Å². The van der Waals surface area contributed by atoms with Gasteiger partial charge in [0.15, 0.2) is 5.03 Å². The number of alkyl halides is 3. The number of hydrogen-bond acceptors (Lipinski definition) is 5. The number of benzene rings is 2. The summed E-state index contributed by atoms with van der Waals surface area (Å²) >= 11 is 1.07. The molecule has 174 valence electrons. The van der Waals surface area contributed by atoms with Crippen molar-refractivity contribution in [1.82, 2.24) is 9.55 Å². The van der Waals surface area contributed by atoms with E-state index in [4.69, 9.17) is 4.74 Å². The molecule has 4 rings (SSSR count). The maximum Gasteiger partial charge on any atom is 0.573 e. The molecule has 0 aliphatic heterocycles. The molecular weight excluding hydrogens is 453 g/mol. The fraction of sp³-hybridized carbons (Fsp3) is 0.333. The molecule has 9 heteroatoms. The molecule has 1 aliphatic carbocycles. The van der Waals surface area contributed by atoms with Crippen LogP contribution in [0.5, 0.6) is 11.5 Å². The van der Waals surface area contributed by atoms with Crippen molar-refractivity contribution >= 4 is 11.8 Å². The Balaban J connectivity index is 1.48. The summed E-state index contributed by atoms with van der Waals surface area (Å²) in [5, 5.41) is 0.207. The summed E-state index contributed by atoms with van der Waals surface area (Å²) in [4.78, 5) is 17.7. The first-order valence-corrected chi connectivity index (χ1v) is 11.4. The molecule has 1 unspecified atom stereocenters. The van der Waals surface area contributed by atoms with Crippen LogP contribution in [0.3, 0.4) is 0 Å². The number of aryl methyl sites for hydroxylation is 1. The number of halogens is 3. The van der Waals surface area contributed by atoms with Crippen LogP contribution >= 0.6 is 11.8 Å². The van der Waals surface area contributed by atoms with Crippen molar-refractivity contribution < 1.29 is 22.6 Å². The van der Waals surface area contributed by atoms with E-state index < -0.39 is 6.36 Å². The van der Waals surface area contributed by atoms with Crippen molar-refractivity contribution in [2.24, 2.45) is 11.8 Å². The predicted molar refractivity (Wildman–Crippen MR) is 119 cm³/mol. The van der Waals surface area contributed by atoms with Crippen molar-refractivity contribution in [3.63, 3.8) is 0 Å². The highest BCUT2D eigenvalue weighted by Gasteiger charge is 2.31. The Morgan fingerprint density at radius 3 is 2.55 bits per heavy atom. The van der Waals surface area contributed by atoms with Crippen LogP contribution in [-0.4, -0.2) is 22.5 Å². The molecule has 0 N–H and O–H groups in total. The molecule has 2 aromatic carbocycles. The monoisotopic (exact) mass is 476 g/mol. The first kappa shape index (κ1) is 23.2. The molecule has 1 aliphatic rings. The molecule has 1 aromatic heterocycles. The molecule has 3 aromatic rings. The van der Waals surface area contributed by atoms with E-state index in [2.05, 4.69) is 16.6 Å². The van der Waals surface area contributed by atoms with Crippen LogP contribution in [0, 0.1) is 18.8 Å². The Morgan fingerprint density at radius 1 is 1.18 bits per heavy atom. The second-order valence-electron chi connectivity index (χ2n) is 8.10. The van der Waals surface area contributed by atoms with E-state index in [-0.39, 0.29) is 16.3 Å². The third-order valence-electron chi connectivity index (χ3n) is 5.45. The molecule has 1 atom stereocenters. The predicted octanol–water partition coefficient (Wildman–Crippen LogP) is 6.02. The van der Waals surface area contributed by atoms with Gasteiger partial charge in [0.2, 0.25) is 0 Å². The van der Waals surface area contributed by atoms with Gasteiger partial charge in [-0.05, 0) is 79.6 Å². The van der Waals surface area contributed by atoms with E-state index in [1.807, 2.05) is 25.1 Å². The second-order valence-corrected chi connectivity index (χ2v) is 9.17. The summed E-state index contributed by atoms with van der Waals surface area (Å²) in [6, 6.07) is 10.9. The lowest BCUT2D eigenvalue weighted by molar-refractivity contribution is -0.274. The number of aromatic nitrogens is 2. The van der Waals surface area contributed by atoms with E-state index >= 15 is 0 Å². The highest BCUT2D eigenvalue weighted by Crippen LogP contribution is 2.37. The van der Waals surface area contributed by atoms with E-state index in [0.717, 1.165) is 29.0 Å². The summed E-state index contributed by atoms with van der Waals surface area (Å²) in [6.45, 7) is 4.81. The summed E-state index contributed by atoms with van der Waals surface area (Å²) < 4.78 is 48.3. The minimum atomic E-state index is -4.75. The SMILES string of the molecule is Cc1cc(-n2ccnc(Sc3ccc(OC(F)(F)F)cc3)c2=O)ccc1OCC(C)C1CC1. The summed E-state index contributed by atoms with van der Waals surface area (Å²) in [6.07, 6.45) is 0.898. The fourth-order valence-electron chi connectivity index (χ4n) is 3.46. The van der Waals surface area contributed by atoms with Gasteiger partial charge < -0.3 is 9.47 Å². The first-order valence-electron chi connectivity index (χ1n) is 10.5. The zero-order valence-corrected chi connectivity index (χ0v) is 18.9. The average Bonchev–Trinajstić information content (AvgIpc) is 3.60. The van der Waals surface area contributed by atoms with Gasteiger partial charge in [-0.25, -0.2) is 4.98 Å². The average molecular weight is 477 g/mol. The Morgan fingerprint density at radius 2 is 1.91 bits per heavy atom. The van der Waals surface area contributed by atoms with Gasteiger partial charge in [0, 0.05) is 23.0 Å². The van der Waals surface area contributed by atoms with Gasteiger partial charge in [-0.1, -0.05) is 18.7 Å². The Hall–Kier alpha value is -2.94. The second kappa shape index (κ2) is 9.51. The number of ether oxygens (including phenoxy) is 2. The number of nitrogens with zero attached hydrogens (tertiary/aromatic N) is 2. The van der Waals surface area contributed by atoms with Crippen LogP contribution < -0.4 is 15.0 Å². The maximum atomic E-state index is 13.0. The van der Waals surface area contributed by atoms with Crippen LogP contribution in [0.15, 0.2) is 69.6 Å². The van der Waals surface area contributed by atoms with Crippen molar-refractivity contribution in [3.8, 4) is 17.2 Å². The Labute approximate surface area is 193 Å². The topological polar surface area (TPSA) is 53.4 Å². The Kier molecular flexibility index (Phi) is 6.69. The van der Waals surface area contributed by atoms with Gasteiger partial charge in [-0.3, -0.25) is 9.36 Å². The highest BCUT2D eigenvalue weighted by molar-refractivity contribution is 7.99. The van der Waals surface area contributed by atoms with Gasteiger partial charge >= 0.3 is 6.36 Å². The Bertz CT molecular complexity index is 1170. The van der Waals surface area contributed by atoms with Gasteiger partial charge in [0.05, 0.1) is 6.61 Å². The normalized spacial score (nSPS) is 14.7. The van der Waals surface area contributed by atoms with Gasteiger partial charge in [0.25, 0.3) is 5.56 Å². The third kappa shape index (κ3) is 6.10. The van der Waals surface area contributed by atoms with Crippen LogP contribution in [0.25, 0.3) is 5.69 Å². The van der Waals surface area contributed by atoms with E-state index in [0.29, 0.717) is 23.1 Å². The van der Waals surface area contributed by atoms with Crippen molar-refractivity contribution in [1.29, 1.82) is 0 Å². The molecule has 33 heavy (non-hydrogen) atoms. The summed E-state index contributed by atoms with van der Waals surface area (Å²) in [5.74, 6) is 1.77. The fourth-order valence-corrected chi connectivity index (χ4v) is 4.25. The van der Waals surface area contributed by atoms with Crippen LogP contribution in [0.1, 0.15) is 25.3 Å². The lowest BCUT2D eigenvalue weighted by atomic mass is 10.1. The number of hydrogen-bond donors (Lipinski definition) is 0. The van der Waals surface area contributed by atoms with Gasteiger partial charge in [-0.15, -0.1) is 13.2 Å². The smallest absolute Gasteiger partial charge is 0.493 e. The first-order chi connectivity index (χ1) is 15.7. The minimum Gasteiger partial charge on any atom is -0.493 e. The molecule has 5 nitrogen and oxygen atoms in total. The molecule has 0 bridgehead atoms. The molecule has 0 radical (unpaired) electrons. The van der Waals surface area contributed by atoms with Crippen molar-refractivity contribution in [2.75, 3.05) is 6.61 Å². The quantitative estimate of drug-likeness (QED) is 0.398. The molecule has 0 amide bonds. The number of rotatable bonds is 8. The molecule has 0 saturated heterocycles. The molecular formula is C24H23F3N2O3S. The molecule has 1 saturated carbocycles. The van der Waals surface area contributed by atoms with Crippen molar-refractivity contribution in [3.05, 3.63) is 70.8 Å². The maximum absolute atomic E-state index is 13.0.